The normalized spacial score (nSPS) is 17.9. The molecule has 1 saturated heterocycles. The van der Waals surface area contributed by atoms with Gasteiger partial charge in [-0.15, -0.1) is 0 Å². The number of nitrogens with one attached hydrogen (secondary N) is 1. The topological polar surface area (TPSA) is 50.2 Å². The van der Waals surface area contributed by atoms with Crippen molar-refractivity contribution in [2.24, 2.45) is 0 Å². The van der Waals surface area contributed by atoms with Crippen molar-refractivity contribution in [1.82, 2.24) is 20.0 Å². The molecule has 0 bridgehead atoms. The Morgan fingerprint density at radius 2 is 2.22 bits per heavy atom. The van der Waals surface area contributed by atoms with Crippen LogP contribution in [0.3, 0.4) is 0 Å². The fourth-order valence-electron chi connectivity index (χ4n) is 2.33. The lowest BCUT2D eigenvalue weighted by Gasteiger charge is -2.22. The molecule has 18 heavy (non-hydrogen) atoms. The molecule has 1 N–H and O–H groups in total. The third-order valence-corrected chi connectivity index (χ3v) is 3.47. The quantitative estimate of drug-likeness (QED) is 0.840. The van der Waals surface area contributed by atoms with Gasteiger partial charge < -0.3 is 5.32 Å². The van der Waals surface area contributed by atoms with E-state index >= 15 is 0 Å². The number of aromatic nitrogens is 2. The van der Waals surface area contributed by atoms with Crippen LogP contribution in [0.1, 0.15) is 25.3 Å². The van der Waals surface area contributed by atoms with Gasteiger partial charge in [-0.05, 0) is 45.3 Å². The number of nitrogens with zero attached hydrogens (tertiary/aromatic N) is 3. The molecule has 2 rings (SSSR count). The van der Waals surface area contributed by atoms with E-state index in [2.05, 4.69) is 15.3 Å². The summed E-state index contributed by atoms with van der Waals surface area (Å²) >= 11 is 0. The van der Waals surface area contributed by atoms with Gasteiger partial charge in [-0.3, -0.25) is 14.4 Å². The summed E-state index contributed by atoms with van der Waals surface area (Å²) in [5.74, 6) is 0.126. The maximum absolute atomic E-state index is 11.9. The standard InChI is InChI=1S/C13H22N4O/c1-11-9-15-17(10-11)8-5-14-13(18)12(2)16-6-3-4-7-16/h9-10,12H,3-8H2,1-2H3,(H,14,18)/t12-/m1/s1. The molecule has 1 aromatic rings. The smallest absolute Gasteiger partial charge is 0.237 e. The van der Waals surface area contributed by atoms with Gasteiger partial charge in [0.15, 0.2) is 0 Å². The van der Waals surface area contributed by atoms with Crippen LogP contribution in [0.5, 0.6) is 0 Å². The van der Waals surface area contributed by atoms with Gasteiger partial charge in [0.1, 0.15) is 0 Å². The van der Waals surface area contributed by atoms with Crippen molar-refractivity contribution in [3.05, 3.63) is 18.0 Å². The lowest BCUT2D eigenvalue weighted by molar-refractivity contribution is -0.125. The Labute approximate surface area is 108 Å². The van der Waals surface area contributed by atoms with Crippen molar-refractivity contribution in [3.8, 4) is 0 Å². The number of carbonyl (C=O) groups excluding carboxylic acids is 1. The zero-order valence-corrected chi connectivity index (χ0v) is 11.2. The highest BCUT2D eigenvalue weighted by atomic mass is 16.2. The highest BCUT2D eigenvalue weighted by Gasteiger charge is 2.23. The zero-order valence-electron chi connectivity index (χ0n) is 11.2. The molecule has 0 radical (unpaired) electrons. The molecule has 0 aliphatic carbocycles. The van der Waals surface area contributed by atoms with Gasteiger partial charge in [0.2, 0.25) is 5.91 Å². The van der Waals surface area contributed by atoms with Gasteiger partial charge in [-0.25, -0.2) is 0 Å². The van der Waals surface area contributed by atoms with E-state index in [4.69, 9.17) is 0 Å². The summed E-state index contributed by atoms with van der Waals surface area (Å²) in [6, 6.07) is -0.00754. The molecule has 1 atom stereocenters. The summed E-state index contributed by atoms with van der Waals surface area (Å²) < 4.78 is 1.86. The molecule has 0 aromatic carbocycles. The largest absolute Gasteiger partial charge is 0.353 e. The molecule has 5 heteroatoms. The highest BCUT2D eigenvalue weighted by Crippen LogP contribution is 2.11. The van der Waals surface area contributed by atoms with Crippen LogP contribution in [0.4, 0.5) is 0 Å². The molecule has 2 heterocycles. The van der Waals surface area contributed by atoms with Crippen LogP contribution in [0.2, 0.25) is 0 Å². The van der Waals surface area contributed by atoms with E-state index in [-0.39, 0.29) is 11.9 Å². The van der Waals surface area contributed by atoms with Gasteiger partial charge in [-0.1, -0.05) is 0 Å². The molecule has 0 saturated carbocycles. The molecule has 0 spiro atoms. The van der Waals surface area contributed by atoms with E-state index in [9.17, 15) is 4.79 Å². The zero-order chi connectivity index (χ0) is 13.0. The first-order valence-electron chi connectivity index (χ1n) is 6.67. The minimum absolute atomic E-state index is 0.00754. The monoisotopic (exact) mass is 250 g/mol. The molecular formula is C13H22N4O. The minimum Gasteiger partial charge on any atom is -0.353 e. The third-order valence-electron chi connectivity index (χ3n) is 3.47. The summed E-state index contributed by atoms with van der Waals surface area (Å²) in [7, 11) is 0. The van der Waals surface area contributed by atoms with E-state index in [0.29, 0.717) is 6.54 Å². The van der Waals surface area contributed by atoms with Gasteiger partial charge in [0.25, 0.3) is 0 Å². The van der Waals surface area contributed by atoms with Crippen molar-refractivity contribution in [3.63, 3.8) is 0 Å². The Kier molecular flexibility index (Phi) is 4.36. The lowest BCUT2D eigenvalue weighted by atomic mass is 10.3. The van der Waals surface area contributed by atoms with Gasteiger partial charge in [-0.2, -0.15) is 5.10 Å². The van der Waals surface area contributed by atoms with Crippen LogP contribution in [-0.2, 0) is 11.3 Å². The van der Waals surface area contributed by atoms with Crippen LogP contribution >= 0.6 is 0 Å². The van der Waals surface area contributed by atoms with Crippen LogP contribution in [0.25, 0.3) is 0 Å². The average Bonchev–Trinajstić information content (AvgIpc) is 2.99. The molecule has 0 unspecified atom stereocenters. The maximum atomic E-state index is 11.9. The molecule has 1 aromatic heterocycles. The third kappa shape index (κ3) is 3.32. The van der Waals surface area contributed by atoms with Crippen molar-refractivity contribution >= 4 is 5.91 Å². The number of hydrogen-bond donors (Lipinski definition) is 1. The first-order valence-corrected chi connectivity index (χ1v) is 6.67. The first kappa shape index (κ1) is 13.1. The van der Waals surface area contributed by atoms with Crippen LogP contribution in [-0.4, -0.2) is 46.3 Å². The fraction of sp³-hybridized carbons (Fsp3) is 0.692. The second-order valence-electron chi connectivity index (χ2n) is 4.99. The van der Waals surface area contributed by atoms with E-state index < -0.39 is 0 Å². The van der Waals surface area contributed by atoms with E-state index in [1.807, 2.05) is 30.9 Å². The summed E-state index contributed by atoms with van der Waals surface area (Å²) in [5, 5.41) is 7.17. The van der Waals surface area contributed by atoms with Crippen molar-refractivity contribution < 1.29 is 4.79 Å². The van der Waals surface area contributed by atoms with E-state index in [0.717, 1.165) is 25.2 Å². The van der Waals surface area contributed by atoms with Crippen LogP contribution < -0.4 is 5.32 Å². The second-order valence-corrected chi connectivity index (χ2v) is 4.99. The van der Waals surface area contributed by atoms with E-state index in [1.54, 1.807) is 0 Å². The summed E-state index contributed by atoms with van der Waals surface area (Å²) in [5.41, 5.74) is 1.15. The fourth-order valence-corrected chi connectivity index (χ4v) is 2.33. The molecule has 5 nitrogen and oxygen atoms in total. The number of hydrogen-bond acceptors (Lipinski definition) is 3. The number of amides is 1. The van der Waals surface area contributed by atoms with Gasteiger partial charge >= 0.3 is 0 Å². The average molecular weight is 250 g/mol. The molecule has 100 valence electrons. The number of aryl methyl sites for hydroxylation is 1. The Morgan fingerprint density at radius 3 is 2.83 bits per heavy atom. The number of likely N-dealkylation sites (tertiary alicyclic amines) is 1. The van der Waals surface area contributed by atoms with Gasteiger partial charge in [0.05, 0.1) is 18.8 Å². The second kappa shape index (κ2) is 6.00. The van der Waals surface area contributed by atoms with Crippen molar-refractivity contribution in [2.45, 2.75) is 39.3 Å². The predicted octanol–water partition coefficient (Wildman–Crippen LogP) is 0.792. The Morgan fingerprint density at radius 1 is 1.50 bits per heavy atom. The summed E-state index contributed by atoms with van der Waals surface area (Å²) in [6.45, 7) is 7.46. The van der Waals surface area contributed by atoms with Crippen molar-refractivity contribution in [2.75, 3.05) is 19.6 Å². The Hall–Kier alpha value is -1.36. The Bertz CT molecular complexity index is 395. The molecule has 1 aliphatic rings. The highest BCUT2D eigenvalue weighted by molar-refractivity contribution is 5.81. The van der Waals surface area contributed by atoms with Crippen molar-refractivity contribution in [1.29, 1.82) is 0 Å². The molecular weight excluding hydrogens is 228 g/mol. The molecule has 1 aliphatic heterocycles. The lowest BCUT2D eigenvalue weighted by Crippen LogP contribution is -2.44. The number of rotatable bonds is 5. The van der Waals surface area contributed by atoms with Crippen LogP contribution in [0.15, 0.2) is 12.4 Å². The molecule has 1 amide bonds. The first-order chi connectivity index (χ1) is 8.66. The van der Waals surface area contributed by atoms with E-state index in [1.165, 1.54) is 12.8 Å². The summed E-state index contributed by atoms with van der Waals surface area (Å²) in [4.78, 5) is 14.2. The van der Waals surface area contributed by atoms with Crippen LogP contribution in [0, 0.1) is 6.92 Å². The predicted molar refractivity (Wildman–Crippen MR) is 70.2 cm³/mol. The van der Waals surface area contributed by atoms with Gasteiger partial charge in [0, 0.05) is 12.7 Å². The maximum Gasteiger partial charge on any atom is 0.237 e. The molecule has 1 fully saturated rings. The minimum atomic E-state index is -0.00754. The Balaban J connectivity index is 1.71. The number of carbonyl (C=O) groups is 1. The SMILES string of the molecule is Cc1cnn(CCNC(=O)[C@@H](C)N2CCCC2)c1. The summed E-state index contributed by atoms with van der Waals surface area (Å²) in [6.07, 6.45) is 6.24.